The molecule has 3 heteroatoms. The van der Waals surface area contributed by atoms with Crippen LogP contribution in [-0.2, 0) is 6.42 Å². The maximum Gasteiger partial charge on any atom is 0.134 e. The third kappa shape index (κ3) is 1.30. The zero-order valence-electron chi connectivity index (χ0n) is 7.22. The number of hydrogen-bond donors (Lipinski definition) is 1. The van der Waals surface area contributed by atoms with Gasteiger partial charge in [0, 0.05) is 10.9 Å². The Morgan fingerprint density at radius 1 is 1.54 bits per heavy atom. The molecule has 13 heavy (non-hydrogen) atoms. The summed E-state index contributed by atoms with van der Waals surface area (Å²) in [5, 5.41) is 9.56. The van der Waals surface area contributed by atoms with E-state index in [4.69, 9.17) is 0 Å². The summed E-state index contributed by atoms with van der Waals surface area (Å²) in [7, 11) is 0. The highest BCUT2D eigenvalue weighted by molar-refractivity contribution is 9.10. The minimum atomic E-state index is -1.15. The lowest BCUT2D eigenvalue weighted by atomic mass is 10.0. The number of rotatable bonds is 0. The highest BCUT2D eigenvalue weighted by atomic mass is 79.9. The van der Waals surface area contributed by atoms with E-state index >= 15 is 0 Å². The molecule has 0 fully saturated rings. The molecular weight excluding hydrogens is 235 g/mol. The Balaban J connectivity index is 2.61. The van der Waals surface area contributed by atoms with Crippen molar-refractivity contribution in [2.75, 3.05) is 0 Å². The van der Waals surface area contributed by atoms with E-state index in [1.165, 1.54) is 0 Å². The molecule has 2 atom stereocenters. The summed E-state index contributed by atoms with van der Waals surface area (Å²) in [6.07, 6.45) is -1.77. The van der Waals surface area contributed by atoms with Gasteiger partial charge in [0.1, 0.15) is 12.3 Å². The molecule has 0 radical (unpaired) electrons. The number of benzene rings is 1. The molecule has 0 heterocycles. The van der Waals surface area contributed by atoms with Gasteiger partial charge in [-0.15, -0.1) is 0 Å². The number of aliphatic hydroxyl groups is 1. The quantitative estimate of drug-likeness (QED) is 0.745. The average Bonchev–Trinajstić information content (AvgIpc) is 2.38. The largest absolute Gasteiger partial charge is 0.385 e. The molecule has 0 spiro atoms. The van der Waals surface area contributed by atoms with E-state index < -0.39 is 12.3 Å². The number of fused-ring (bicyclic) bond motifs is 1. The van der Waals surface area contributed by atoms with Crippen molar-refractivity contribution in [2.24, 2.45) is 0 Å². The molecule has 0 saturated carbocycles. The van der Waals surface area contributed by atoms with Crippen LogP contribution in [0.5, 0.6) is 0 Å². The van der Waals surface area contributed by atoms with Crippen molar-refractivity contribution in [3.8, 4) is 0 Å². The van der Waals surface area contributed by atoms with Crippen molar-refractivity contribution in [1.29, 1.82) is 0 Å². The summed E-state index contributed by atoms with van der Waals surface area (Å²) in [4.78, 5) is 0. The molecule has 1 N–H and O–H groups in total. The molecule has 1 aromatic rings. The minimum Gasteiger partial charge on any atom is -0.385 e. The molecule has 2 rings (SSSR count). The lowest BCUT2D eigenvalue weighted by Crippen LogP contribution is -2.06. The molecular formula is C10H10BrFO. The van der Waals surface area contributed by atoms with Crippen molar-refractivity contribution < 1.29 is 9.50 Å². The first-order chi connectivity index (χ1) is 6.11. The summed E-state index contributed by atoms with van der Waals surface area (Å²) in [6.45, 7) is 1.90. The summed E-state index contributed by atoms with van der Waals surface area (Å²) in [5.74, 6) is 0. The highest BCUT2D eigenvalue weighted by Gasteiger charge is 2.33. The zero-order valence-corrected chi connectivity index (χ0v) is 8.81. The van der Waals surface area contributed by atoms with E-state index in [0.717, 1.165) is 21.2 Å². The van der Waals surface area contributed by atoms with Crippen LogP contribution < -0.4 is 0 Å². The van der Waals surface area contributed by atoms with Crippen molar-refractivity contribution >= 4 is 15.9 Å². The smallest absolute Gasteiger partial charge is 0.134 e. The summed E-state index contributed by atoms with van der Waals surface area (Å²) >= 11 is 3.36. The Hall–Kier alpha value is -0.410. The topological polar surface area (TPSA) is 20.2 Å². The van der Waals surface area contributed by atoms with Crippen LogP contribution in [0.25, 0.3) is 0 Å². The molecule has 0 amide bonds. The van der Waals surface area contributed by atoms with Gasteiger partial charge >= 0.3 is 0 Å². The molecule has 1 nitrogen and oxygen atoms in total. The maximum absolute atomic E-state index is 13.2. The zero-order chi connectivity index (χ0) is 9.59. The standard InChI is InChI=1S/C10H10BrFO/c1-5-2-3-7(11)6-4-8(12)10(13)9(5)6/h2-3,8,10,13H,4H2,1H3/t8-,10-/m1/s1. The molecule has 0 unspecified atom stereocenters. The van der Waals surface area contributed by atoms with Gasteiger partial charge in [-0.1, -0.05) is 22.0 Å². The van der Waals surface area contributed by atoms with E-state index in [9.17, 15) is 9.50 Å². The number of aryl methyl sites for hydroxylation is 1. The third-order valence-corrected chi connectivity index (χ3v) is 3.30. The van der Waals surface area contributed by atoms with E-state index in [1.54, 1.807) is 0 Å². The Bertz CT molecular complexity index is 351. The Kier molecular flexibility index (Phi) is 2.16. The Labute approximate surface area is 84.7 Å². The predicted octanol–water partition coefficient (Wildman–Crippen LogP) is 2.69. The van der Waals surface area contributed by atoms with E-state index in [2.05, 4.69) is 15.9 Å². The number of hydrogen-bond acceptors (Lipinski definition) is 1. The second kappa shape index (κ2) is 3.07. The van der Waals surface area contributed by atoms with Crippen molar-refractivity contribution in [1.82, 2.24) is 0 Å². The molecule has 0 aromatic heterocycles. The van der Waals surface area contributed by atoms with Gasteiger partial charge in [-0.05, 0) is 29.7 Å². The van der Waals surface area contributed by atoms with Gasteiger partial charge in [0.05, 0.1) is 0 Å². The van der Waals surface area contributed by atoms with Gasteiger partial charge in [-0.2, -0.15) is 0 Å². The molecule has 70 valence electrons. The second-order valence-electron chi connectivity index (χ2n) is 3.42. The average molecular weight is 245 g/mol. The van der Waals surface area contributed by atoms with Gasteiger partial charge in [0.2, 0.25) is 0 Å². The number of aliphatic hydroxyl groups excluding tert-OH is 1. The van der Waals surface area contributed by atoms with Gasteiger partial charge in [0.15, 0.2) is 0 Å². The fraction of sp³-hybridized carbons (Fsp3) is 0.400. The molecule has 1 aromatic carbocycles. The van der Waals surface area contributed by atoms with Gasteiger partial charge in [-0.3, -0.25) is 0 Å². The van der Waals surface area contributed by atoms with Crippen LogP contribution >= 0.6 is 15.9 Å². The lowest BCUT2D eigenvalue weighted by molar-refractivity contribution is 0.0921. The summed E-state index contributed by atoms with van der Waals surface area (Å²) in [5.41, 5.74) is 2.65. The van der Waals surface area contributed by atoms with Gasteiger partial charge in [-0.25, -0.2) is 4.39 Å². The van der Waals surface area contributed by atoms with Crippen LogP contribution in [0.1, 0.15) is 22.8 Å². The normalized spacial score (nSPS) is 26.2. The Morgan fingerprint density at radius 2 is 2.23 bits per heavy atom. The third-order valence-electron chi connectivity index (χ3n) is 2.56. The first-order valence-electron chi connectivity index (χ1n) is 4.21. The predicted molar refractivity (Wildman–Crippen MR) is 52.4 cm³/mol. The van der Waals surface area contributed by atoms with Gasteiger partial charge in [0.25, 0.3) is 0 Å². The first kappa shape index (κ1) is 9.16. The molecule has 1 aliphatic rings. The van der Waals surface area contributed by atoms with Crippen molar-refractivity contribution in [2.45, 2.75) is 25.6 Å². The number of alkyl halides is 1. The maximum atomic E-state index is 13.2. The molecule has 1 aliphatic carbocycles. The molecule has 0 saturated heterocycles. The Morgan fingerprint density at radius 3 is 2.85 bits per heavy atom. The van der Waals surface area contributed by atoms with Crippen molar-refractivity contribution in [3.05, 3.63) is 33.3 Å². The fourth-order valence-corrected chi connectivity index (χ4v) is 2.37. The fourth-order valence-electron chi connectivity index (χ4n) is 1.86. The van der Waals surface area contributed by atoms with Crippen LogP contribution in [0, 0.1) is 6.92 Å². The SMILES string of the molecule is Cc1ccc(Br)c2c1[C@H](O)[C@H](F)C2. The van der Waals surface area contributed by atoms with Gasteiger partial charge < -0.3 is 5.11 Å². The monoisotopic (exact) mass is 244 g/mol. The second-order valence-corrected chi connectivity index (χ2v) is 4.28. The van der Waals surface area contributed by atoms with Crippen molar-refractivity contribution in [3.63, 3.8) is 0 Å². The summed E-state index contributed by atoms with van der Waals surface area (Å²) in [6, 6.07) is 3.79. The van der Waals surface area contributed by atoms with E-state index in [-0.39, 0.29) is 0 Å². The van der Waals surface area contributed by atoms with Crippen LogP contribution in [0.3, 0.4) is 0 Å². The van der Waals surface area contributed by atoms with Crippen LogP contribution in [0.4, 0.5) is 4.39 Å². The minimum absolute atomic E-state index is 0.318. The highest BCUT2D eigenvalue weighted by Crippen LogP contribution is 2.39. The van der Waals surface area contributed by atoms with E-state index in [0.29, 0.717) is 6.42 Å². The molecule has 0 bridgehead atoms. The number of halogens is 2. The first-order valence-corrected chi connectivity index (χ1v) is 5.00. The summed E-state index contributed by atoms with van der Waals surface area (Å²) < 4.78 is 14.1. The van der Waals surface area contributed by atoms with Crippen LogP contribution in [0.15, 0.2) is 16.6 Å². The van der Waals surface area contributed by atoms with Crippen LogP contribution in [0.2, 0.25) is 0 Å². The molecule has 0 aliphatic heterocycles. The van der Waals surface area contributed by atoms with E-state index in [1.807, 2.05) is 19.1 Å². The van der Waals surface area contributed by atoms with Crippen LogP contribution in [-0.4, -0.2) is 11.3 Å². The lowest BCUT2D eigenvalue weighted by Gasteiger charge is -2.09.